The van der Waals surface area contributed by atoms with E-state index >= 15 is 0 Å². The van der Waals surface area contributed by atoms with Gasteiger partial charge in [-0.25, -0.2) is 0 Å². The van der Waals surface area contributed by atoms with Gasteiger partial charge in [-0.05, 0) is 38.8 Å². The van der Waals surface area contributed by atoms with E-state index in [2.05, 4.69) is 26.5 Å². The van der Waals surface area contributed by atoms with Crippen LogP contribution in [0.3, 0.4) is 0 Å². The van der Waals surface area contributed by atoms with Crippen molar-refractivity contribution in [3.8, 4) is 17.7 Å². The number of hydrogen-bond donors (Lipinski definition) is 1. The van der Waals surface area contributed by atoms with Crippen molar-refractivity contribution in [1.29, 1.82) is 5.26 Å². The molecule has 1 aliphatic rings. The Morgan fingerprint density at radius 2 is 2.17 bits per heavy atom. The second kappa shape index (κ2) is 7.79. The molecule has 1 atom stereocenters. The Hall–Kier alpha value is -3.61. The van der Waals surface area contributed by atoms with Crippen LogP contribution in [0.25, 0.3) is 11.7 Å². The number of amides is 1. The number of carbonyl (C=O) groups excluding carboxylic acids is 1. The zero-order chi connectivity index (χ0) is 20.4. The van der Waals surface area contributed by atoms with E-state index in [0.717, 1.165) is 0 Å². The molecule has 0 aromatic carbocycles. The van der Waals surface area contributed by atoms with Gasteiger partial charge in [0.1, 0.15) is 12.1 Å². The Bertz CT molecular complexity index is 1020. The highest BCUT2D eigenvalue weighted by atomic mass is 16.5. The summed E-state index contributed by atoms with van der Waals surface area (Å²) >= 11 is 0. The molecule has 10 nitrogen and oxygen atoms in total. The lowest BCUT2D eigenvalue weighted by Crippen LogP contribution is -2.41. The van der Waals surface area contributed by atoms with Gasteiger partial charge in [0.05, 0.1) is 6.26 Å². The smallest absolute Gasteiger partial charge is 0.266 e. The largest absolute Gasteiger partial charge is 0.459 e. The number of nitriles is 1. The molecule has 150 valence electrons. The lowest BCUT2D eigenvalue weighted by molar-refractivity contribution is -0.126. The number of furan rings is 1. The van der Waals surface area contributed by atoms with Crippen molar-refractivity contribution in [2.45, 2.75) is 32.7 Å². The van der Waals surface area contributed by atoms with E-state index in [9.17, 15) is 10.1 Å². The summed E-state index contributed by atoms with van der Waals surface area (Å²) in [4.78, 5) is 22.9. The predicted octanol–water partition coefficient (Wildman–Crippen LogP) is 2.59. The van der Waals surface area contributed by atoms with Crippen LogP contribution in [0.2, 0.25) is 0 Å². The number of rotatable bonds is 5. The van der Waals surface area contributed by atoms with E-state index in [0.29, 0.717) is 49.3 Å². The number of nitrogens with one attached hydrogen (secondary N) is 1. The Morgan fingerprint density at radius 3 is 2.79 bits per heavy atom. The molecule has 0 saturated carbocycles. The number of hydrogen-bond acceptors (Lipinski definition) is 9. The van der Waals surface area contributed by atoms with Crippen molar-refractivity contribution in [1.82, 2.24) is 20.4 Å². The molecule has 0 spiro atoms. The minimum absolute atomic E-state index is 0.0534. The number of piperidine rings is 1. The first kappa shape index (κ1) is 18.7. The number of carbonyl (C=O) groups is 1. The molecule has 1 unspecified atom stereocenters. The maximum atomic E-state index is 12.6. The Labute approximate surface area is 166 Å². The highest BCUT2D eigenvalue weighted by molar-refractivity contribution is 5.79. The third-order valence-electron chi connectivity index (χ3n) is 4.87. The van der Waals surface area contributed by atoms with E-state index in [4.69, 9.17) is 13.4 Å². The number of aryl methyl sites for hydroxylation is 1. The molecule has 1 aliphatic heterocycles. The number of anilines is 1. The standard InChI is InChI=1S/C19H20N6O4/c1-11(17-22-12(2)24-29-17)21-16(26)13-5-7-25(8-6-13)19-14(10-20)23-18(28-19)15-4-3-9-27-15/h3-4,9,11,13H,5-8H2,1-2H3,(H,21,26). The molecule has 3 aromatic rings. The second-order valence-electron chi connectivity index (χ2n) is 6.93. The summed E-state index contributed by atoms with van der Waals surface area (Å²) < 4.78 is 16.2. The molecule has 1 amide bonds. The topological polar surface area (TPSA) is 134 Å². The average Bonchev–Trinajstić information content (AvgIpc) is 3.48. The summed E-state index contributed by atoms with van der Waals surface area (Å²) in [7, 11) is 0. The van der Waals surface area contributed by atoms with Crippen molar-refractivity contribution in [2.24, 2.45) is 5.92 Å². The van der Waals surface area contributed by atoms with E-state index in [1.54, 1.807) is 19.1 Å². The number of oxazole rings is 1. The fraction of sp³-hybridized carbons (Fsp3) is 0.421. The molecule has 10 heteroatoms. The quantitative estimate of drug-likeness (QED) is 0.690. The normalized spacial score (nSPS) is 15.8. The number of nitrogens with zero attached hydrogens (tertiary/aromatic N) is 5. The molecule has 3 aromatic heterocycles. The van der Waals surface area contributed by atoms with Gasteiger partial charge in [0, 0.05) is 19.0 Å². The van der Waals surface area contributed by atoms with Crippen molar-refractivity contribution in [2.75, 3.05) is 18.0 Å². The molecule has 4 heterocycles. The first-order valence-electron chi connectivity index (χ1n) is 9.35. The summed E-state index contributed by atoms with van der Waals surface area (Å²) in [5, 5.41) is 16.1. The Kier molecular flexibility index (Phi) is 5.03. The number of aromatic nitrogens is 3. The summed E-state index contributed by atoms with van der Waals surface area (Å²) in [6.45, 7) is 4.69. The van der Waals surface area contributed by atoms with Crippen LogP contribution in [0.4, 0.5) is 5.88 Å². The first-order chi connectivity index (χ1) is 14.0. The molecule has 29 heavy (non-hydrogen) atoms. The molecule has 1 fully saturated rings. The zero-order valence-corrected chi connectivity index (χ0v) is 16.1. The van der Waals surface area contributed by atoms with Gasteiger partial charge in [0.15, 0.2) is 11.6 Å². The van der Waals surface area contributed by atoms with E-state index in [-0.39, 0.29) is 29.5 Å². The van der Waals surface area contributed by atoms with Crippen molar-refractivity contribution in [3.05, 3.63) is 35.8 Å². The van der Waals surface area contributed by atoms with Crippen LogP contribution in [0.1, 0.15) is 43.2 Å². The monoisotopic (exact) mass is 396 g/mol. The minimum atomic E-state index is -0.350. The second-order valence-corrected chi connectivity index (χ2v) is 6.93. The van der Waals surface area contributed by atoms with Crippen molar-refractivity contribution in [3.63, 3.8) is 0 Å². The molecular weight excluding hydrogens is 376 g/mol. The third-order valence-corrected chi connectivity index (χ3v) is 4.87. The predicted molar refractivity (Wildman–Crippen MR) is 99.4 cm³/mol. The third kappa shape index (κ3) is 3.85. The van der Waals surface area contributed by atoms with E-state index in [1.165, 1.54) is 6.26 Å². The van der Waals surface area contributed by atoms with Crippen LogP contribution in [0.15, 0.2) is 31.8 Å². The summed E-state index contributed by atoms with van der Waals surface area (Å²) in [5.41, 5.74) is 0.208. The Balaban J connectivity index is 1.38. The van der Waals surface area contributed by atoms with Gasteiger partial charge < -0.3 is 23.6 Å². The zero-order valence-electron chi connectivity index (χ0n) is 16.1. The van der Waals surface area contributed by atoms with Gasteiger partial charge in [-0.1, -0.05) is 5.16 Å². The van der Waals surface area contributed by atoms with Gasteiger partial charge in [-0.3, -0.25) is 4.79 Å². The maximum absolute atomic E-state index is 12.6. The van der Waals surface area contributed by atoms with Crippen LogP contribution >= 0.6 is 0 Å². The fourth-order valence-corrected chi connectivity index (χ4v) is 3.33. The molecule has 0 aliphatic carbocycles. The summed E-state index contributed by atoms with van der Waals surface area (Å²) in [6, 6.07) is 5.16. The molecule has 1 N–H and O–H groups in total. The van der Waals surface area contributed by atoms with Crippen molar-refractivity contribution >= 4 is 11.8 Å². The van der Waals surface area contributed by atoms with Crippen LogP contribution < -0.4 is 10.2 Å². The van der Waals surface area contributed by atoms with Crippen molar-refractivity contribution < 1.29 is 18.2 Å². The average molecular weight is 396 g/mol. The van der Waals surface area contributed by atoms with Gasteiger partial charge in [-0.15, -0.1) is 0 Å². The van der Waals surface area contributed by atoms with Gasteiger partial charge >= 0.3 is 0 Å². The lowest BCUT2D eigenvalue weighted by Gasteiger charge is -2.31. The highest BCUT2D eigenvalue weighted by Gasteiger charge is 2.30. The highest BCUT2D eigenvalue weighted by Crippen LogP contribution is 2.31. The van der Waals surface area contributed by atoms with Crippen LogP contribution in [-0.2, 0) is 4.79 Å². The molecule has 1 saturated heterocycles. The Morgan fingerprint density at radius 1 is 1.38 bits per heavy atom. The SMILES string of the molecule is Cc1noc(C(C)NC(=O)C2CCN(c3oc(-c4ccco4)nc3C#N)CC2)n1. The maximum Gasteiger partial charge on any atom is 0.266 e. The fourth-order valence-electron chi connectivity index (χ4n) is 3.33. The van der Waals surface area contributed by atoms with Crippen LogP contribution in [0, 0.1) is 24.2 Å². The lowest BCUT2D eigenvalue weighted by atomic mass is 9.95. The summed E-state index contributed by atoms with van der Waals surface area (Å²) in [6.07, 6.45) is 2.78. The first-order valence-corrected chi connectivity index (χ1v) is 9.35. The molecule has 4 rings (SSSR count). The van der Waals surface area contributed by atoms with Crippen LogP contribution in [0.5, 0.6) is 0 Å². The van der Waals surface area contributed by atoms with Gasteiger partial charge in [0.2, 0.25) is 23.4 Å². The van der Waals surface area contributed by atoms with E-state index < -0.39 is 0 Å². The van der Waals surface area contributed by atoms with E-state index in [1.807, 2.05) is 11.8 Å². The molecule has 0 bridgehead atoms. The summed E-state index contributed by atoms with van der Waals surface area (Å²) in [5.74, 6) is 1.87. The van der Waals surface area contributed by atoms with Gasteiger partial charge in [0.25, 0.3) is 5.89 Å². The minimum Gasteiger partial charge on any atom is -0.459 e. The molecular formula is C19H20N6O4. The molecule has 0 radical (unpaired) electrons. The van der Waals surface area contributed by atoms with Gasteiger partial charge in [-0.2, -0.15) is 15.2 Å². The van der Waals surface area contributed by atoms with Crippen LogP contribution in [-0.4, -0.2) is 34.1 Å².